The van der Waals surface area contributed by atoms with Crippen molar-refractivity contribution >= 4 is 5.97 Å². The number of hydrogen-bond donors (Lipinski definition) is 0. The van der Waals surface area contributed by atoms with Crippen molar-refractivity contribution in [2.24, 2.45) is 0 Å². The molecular weight excluding hydrogens is 298 g/mol. The fourth-order valence-corrected chi connectivity index (χ4v) is 2.73. The van der Waals surface area contributed by atoms with Gasteiger partial charge in [-0.25, -0.2) is 4.79 Å². The summed E-state index contributed by atoms with van der Waals surface area (Å²) >= 11 is 0. The van der Waals surface area contributed by atoms with E-state index in [0.717, 1.165) is 6.42 Å². The zero-order chi connectivity index (χ0) is 16.6. The average molecular weight is 317 g/mol. The molecule has 120 valence electrons. The summed E-state index contributed by atoms with van der Waals surface area (Å²) in [5, 5.41) is 0. The fraction of sp³-hybridized carbons (Fsp3) is 0.143. The molecule has 0 bridgehead atoms. The molecule has 0 fully saturated rings. The van der Waals surface area contributed by atoms with Crippen LogP contribution in [0, 0.1) is 0 Å². The Bertz CT molecular complexity index is 718. The molecule has 1 aromatic heterocycles. The molecule has 3 heteroatoms. The Balaban J connectivity index is 1.68. The van der Waals surface area contributed by atoms with Gasteiger partial charge in [-0.2, -0.15) is 0 Å². The maximum Gasteiger partial charge on any atom is 0.339 e. The summed E-state index contributed by atoms with van der Waals surface area (Å²) in [5.41, 5.74) is 2.93. The minimum Gasteiger partial charge on any atom is -0.462 e. The number of rotatable bonds is 6. The molecule has 0 aliphatic heterocycles. The number of aromatic nitrogens is 1. The molecule has 0 aliphatic rings. The predicted octanol–water partition coefficient (Wildman–Crippen LogP) is 4.46. The number of ether oxygens (including phenoxy) is 1. The quantitative estimate of drug-likeness (QED) is 0.630. The van der Waals surface area contributed by atoms with Gasteiger partial charge in [0.15, 0.2) is 0 Å². The van der Waals surface area contributed by atoms with Gasteiger partial charge in [-0.15, -0.1) is 0 Å². The third kappa shape index (κ3) is 4.07. The van der Waals surface area contributed by atoms with Crippen LogP contribution in [0.15, 0.2) is 85.2 Å². The van der Waals surface area contributed by atoms with E-state index >= 15 is 0 Å². The van der Waals surface area contributed by atoms with Crippen molar-refractivity contribution in [1.29, 1.82) is 0 Å². The lowest BCUT2D eigenvalue weighted by atomic mass is 9.89. The van der Waals surface area contributed by atoms with Crippen molar-refractivity contribution < 1.29 is 9.53 Å². The molecule has 3 rings (SSSR count). The second-order valence-corrected chi connectivity index (χ2v) is 5.54. The van der Waals surface area contributed by atoms with Gasteiger partial charge in [0.2, 0.25) is 0 Å². The second kappa shape index (κ2) is 8.06. The predicted molar refractivity (Wildman–Crippen MR) is 93.9 cm³/mol. The second-order valence-electron chi connectivity index (χ2n) is 5.54. The van der Waals surface area contributed by atoms with Crippen LogP contribution in [0.25, 0.3) is 0 Å². The molecule has 3 nitrogen and oxygen atoms in total. The summed E-state index contributed by atoms with van der Waals surface area (Å²) in [6.45, 7) is 0.363. The van der Waals surface area contributed by atoms with Crippen LogP contribution in [0.2, 0.25) is 0 Å². The summed E-state index contributed by atoms with van der Waals surface area (Å²) in [7, 11) is 0. The highest BCUT2D eigenvalue weighted by atomic mass is 16.5. The fourth-order valence-electron chi connectivity index (χ4n) is 2.73. The Kier molecular flexibility index (Phi) is 5.36. The van der Waals surface area contributed by atoms with Gasteiger partial charge in [0.1, 0.15) is 0 Å². The molecule has 3 aromatic rings. The highest BCUT2D eigenvalue weighted by Gasteiger charge is 2.15. The lowest BCUT2D eigenvalue weighted by molar-refractivity contribution is 0.0496. The summed E-state index contributed by atoms with van der Waals surface area (Å²) < 4.78 is 5.42. The molecule has 0 N–H and O–H groups in total. The Morgan fingerprint density at radius 2 is 1.50 bits per heavy atom. The van der Waals surface area contributed by atoms with Crippen LogP contribution in [0.1, 0.15) is 33.8 Å². The van der Waals surface area contributed by atoms with Gasteiger partial charge in [0.25, 0.3) is 0 Å². The minimum atomic E-state index is -0.331. The van der Waals surface area contributed by atoms with E-state index in [0.29, 0.717) is 12.2 Å². The van der Waals surface area contributed by atoms with Crippen molar-refractivity contribution in [3.05, 3.63) is 102 Å². The first-order valence-electron chi connectivity index (χ1n) is 8.01. The van der Waals surface area contributed by atoms with E-state index in [9.17, 15) is 4.79 Å². The van der Waals surface area contributed by atoms with E-state index in [4.69, 9.17) is 4.74 Å². The van der Waals surface area contributed by atoms with Crippen molar-refractivity contribution in [3.63, 3.8) is 0 Å². The monoisotopic (exact) mass is 317 g/mol. The zero-order valence-corrected chi connectivity index (χ0v) is 13.3. The third-order valence-corrected chi connectivity index (χ3v) is 3.94. The Labute approximate surface area is 142 Å². The molecular formula is C21H19NO2. The van der Waals surface area contributed by atoms with Crippen LogP contribution in [0.3, 0.4) is 0 Å². The van der Waals surface area contributed by atoms with Gasteiger partial charge in [-0.3, -0.25) is 4.98 Å². The van der Waals surface area contributed by atoms with Crippen LogP contribution < -0.4 is 0 Å². The summed E-state index contributed by atoms with van der Waals surface area (Å²) in [4.78, 5) is 16.0. The van der Waals surface area contributed by atoms with Gasteiger partial charge in [0, 0.05) is 18.3 Å². The largest absolute Gasteiger partial charge is 0.462 e. The lowest BCUT2D eigenvalue weighted by Crippen LogP contribution is -2.10. The van der Waals surface area contributed by atoms with Gasteiger partial charge in [-0.1, -0.05) is 60.7 Å². The van der Waals surface area contributed by atoms with Crippen molar-refractivity contribution in [2.45, 2.75) is 12.3 Å². The van der Waals surface area contributed by atoms with Gasteiger partial charge in [0.05, 0.1) is 12.2 Å². The standard InChI is InChI=1S/C21H19NO2/c23-21(19-12-7-14-22-16-19)24-15-13-20(17-8-3-1-4-9-17)18-10-5-2-6-11-18/h1-12,14,16,20H,13,15H2. The molecule has 0 spiro atoms. The number of nitrogens with zero attached hydrogens (tertiary/aromatic N) is 1. The SMILES string of the molecule is O=C(OCCC(c1ccccc1)c1ccccc1)c1cccnc1. The van der Waals surface area contributed by atoms with Gasteiger partial charge in [-0.05, 0) is 29.7 Å². The highest BCUT2D eigenvalue weighted by Crippen LogP contribution is 2.27. The van der Waals surface area contributed by atoms with E-state index in [2.05, 4.69) is 29.2 Å². The van der Waals surface area contributed by atoms with E-state index in [1.54, 1.807) is 18.3 Å². The molecule has 0 radical (unpaired) electrons. The van der Waals surface area contributed by atoms with Gasteiger partial charge >= 0.3 is 5.97 Å². The molecule has 2 aromatic carbocycles. The lowest BCUT2D eigenvalue weighted by Gasteiger charge is -2.18. The number of carbonyl (C=O) groups excluding carboxylic acids is 1. The summed E-state index contributed by atoms with van der Waals surface area (Å²) in [5.74, 6) is -0.128. The number of hydrogen-bond acceptors (Lipinski definition) is 3. The Morgan fingerprint density at radius 3 is 2.04 bits per heavy atom. The first-order chi connectivity index (χ1) is 11.8. The molecule has 0 saturated heterocycles. The Morgan fingerprint density at radius 1 is 0.875 bits per heavy atom. The first-order valence-corrected chi connectivity index (χ1v) is 8.01. The smallest absolute Gasteiger partial charge is 0.339 e. The van der Waals surface area contributed by atoms with E-state index < -0.39 is 0 Å². The van der Waals surface area contributed by atoms with Crippen LogP contribution >= 0.6 is 0 Å². The number of pyridine rings is 1. The van der Waals surface area contributed by atoms with E-state index in [1.165, 1.54) is 17.3 Å². The molecule has 0 unspecified atom stereocenters. The highest BCUT2D eigenvalue weighted by molar-refractivity contribution is 5.88. The van der Waals surface area contributed by atoms with Crippen LogP contribution in [-0.4, -0.2) is 17.6 Å². The molecule has 1 heterocycles. The minimum absolute atomic E-state index is 0.203. The van der Waals surface area contributed by atoms with E-state index in [1.807, 2.05) is 36.4 Å². The molecule has 0 amide bonds. The molecule has 0 saturated carbocycles. The molecule has 0 atom stereocenters. The summed E-state index contributed by atoms with van der Waals surface area (Å²) in [6.07, 6.45) is 3.89. The maximum atomic E-state index is 12.0. The van der Waals surface area contributed by atoms with Gasteiger partial charge < -0.3 is 4.74 Å². The van der Waals surface area contributed by atoms with E-state index in [-0.39, 0.29) is 11.9 Å². The third-order valence-electron chi connectivity index (χ3n) is 3.94. The zero-order valence-electron chi connectivity index (χ0n) is 13.3. The van der Waals surface area contributed by atoms with Crippen molar-refractivity contribution in [3.8, 4) is 0 Å². The average Bonchev–Trinajstić information content (AvgIpc) is 2.67. The topological polar surface area (TPSA) is 39.2 Å². The van der Waals surface area contributed by atoms with Crippen molar-refractivity contribution in [1.82, 2.24) is 4.98 Å². The molecule has 0 aliphatic carbocycles. The molecule has 24 heavy (non-hydrogen) atoms. The normalized spacial score (nSPS) is 10.5. The van der Waals surface area contributed by atoms with Crippen molar-refractivity contribution in [2.75, 3.05) is 6.61 Å². The number of esters is 1. The van der Waals surface area contributed by atoms with Crippen LogP contribution in [0.5, 0.6) is 0 Å². The maximum absolute atomic E-state index is 12.0. The van der Waals surface area contributed by atoms with Crippen LogP contribution in [0.4, 0.5) is 0 Å². The summed E-state index contributed by atoms with van der Waals surface area (Å²) in [6, 6.07) is 24.0. The number of benzene rings is 2. The Hall–Kier alpha value is -2.94. The number of carbonyl (C=O) groups is 1. The first kappa shape index (κ1) is 15.9. The van der Waals surface area contributed by atoms with Crippen LogP contribution in [-0.2, 0) is 4.74 Å².